The minimum atomic E-state index is -0.410. The molecule has 2 nitrogen and oxygen atoms in total. The van der Waals surface area contributed by atoms with E-state index in [4.69, 9.17) is 9.78 Å². The molecule has 0 aliphatic carbocycles. The highest BCUT2D eigenvalue weighted by atomic mass is 17.2. The Bertz CT molecular complexity index is 148. The number of hydrogen-bond acceptors (Lipinski definition) is 2. The van der Waals surface area contributed by atoms with Crippen molar-refractivity contribution >= 4 is 0 Å². The lowest BCUT2D eigenvalue weighted by atomic mass is 10.1. The van der Waals surface area contributed by atoms with E-state index in [0.717, 1.165) is 6.42 Å². The Morgan fingerprint density at radius 1 is 1.17 bits per heavy atom. The summed E-state index contributed by atoms with van der Waals surface area (Å²) in [6, 6.07) is 0. The Morgan fingerprint density at radius 3 is 2.00 bits per heavy atom. The Hall–Kier alpha value is -0.340. The molecule has 0 unspecified atom stereocenters. The van der Waals surface area contributed by atoms with Crippen LogP contribution in [-0.4, -0.2) is 11.2 Å². The third-order valence-corrected chi connectivity index (χ3v) is 1.83. The Balaban J connectivity index is 3.90. The van der Waals surface area contributed by atoms with Gasteiger partial charge in [-0.15, -0.1) is 6.58 Å². The summed E-state index contributed by atoms with van der Waals surface area (Å²) in [4.78, 5) is 10.5. The van der Waals surface area contributed by atoms with Gasteiger partial charge in [0.25, 0.3) is 0 Å². The molecule has 0 radical (unpaired) electrons. The van der Waals surface area contributed by atoms with Gasteiger partial charge in [-0.25, -0.2) is 9.78 Å². The van der Waals surface area contributed by atoms with E-state index in [1.54, 1.807) is 6.08 Å². The maximum atomic E-state index is 5.26. The molecule has 0 aliphatic rings. The molecule has 0 N–H and O–H groups in total. The Labute approximate surface area is 75.5 Å². The molecular formula is C10H20O2. The lowest BCUT2D eigenvalue weighted by molar-refractivity contribution is -0.390. The van der Waals surface area contributed by atoms with Crippen LogP contribution in [0.2, 0.25) is 0 Å². The van der Waals surface area contributed by atoms with Gasteiger partial charge in [0.1, 0.15) is 5.60 Å². The quantitative estimate of drug-likeness (QED) is 0.360. The summed E-state index contributed by atoms with van der Waals surface area (Å²) in [6.45, 7) is 13.5. The van der Waals surface area contributed by atoms with Gasteiger partial charge in [-0.2, -0.15) is 0 Å². The van der Waals surface area contributed by atoms with Gasteiger partial charge >= 0.3 is 0 Å². The first kappa shape index (κ1) is 11.7. The van der Waals surface area contributed by atoms with Crippen molar-refractivity contribution in [1.82, 2.24) is 0 Å². The third-order valence-electron chi connectivity index (χ3n) is 1.83. The Morgan fingerprint density at radius 2 is 1.67 bits per heavy atom. The van der Waals surface area contributed by atoms with Crippen LogP contribution in [-0.2, 0) is 9.78 Å². The SMILES string of the molecule is C=CC(C)(C)OOC(C)(C)CC. The van der Waals surface area contributed by atoms with Crippen molar-refractivity contribution in [1.29, 1.82) is 0 Å². The van der Waals surface area contributed by atoms with E-state index < -0.39 is 5.60 Å². The smallest absolute Gasteiger partial charge is 0.116 e. The molecule has 2 heteroatoms. The predicted molar refractivity (Wildman–Crippen MR) is 50.8 cm³/mol. The maximum absolute atomic E-state index is 5.26. The lowest BCUT2D eigenvalue weighted by Crippen LogP contribution is -2.30. The van der Waals surface area contributed by atoms with Gasteiger partial charge in [-0.05, 0) is 34.1 Å². The zero-order valence-electron chi connectivity index (χ0n) is 8.81. The highest BCUT2D eigenvalue weighted by molar-refractivity contribution is 4.88. The summed E-state index contributed by atoms with van der Waals surface area (Å²) in [5, 5.41) is 0. The molecule has 0 bridgehead atoms. The van der Waals surface area contributed by atoms with Gasteiger partial charge in [-0.1, -0.05) is 13.0 Å². The fourth-order valence-corrected chi connectivity index (χ4v) is 0.313. The molecule has 0 amide bonds. The highest BCUT2D eigenvalue weighted by Crippen LogP contribution is 2.19. The van der Waals surface area contributed by atoms with Crippen LogP contribution in [0.4, 0.5) is 0 Å². The molecule has 0 heterocycles. The second kappa shape index (κ2) is 4.06. The molecule has 0 aromatic rings. The van der Waals surface area contributed by atoms with E-state index in [-0.39, 0.29) is 5.60 Å². The molecule has 0 saturated carbocycles. The predicted octanol–water partition coefficient (Wildman–Crippen LogP) is 3.09. The van der Waals surface area contributed by atoms with Crippen LogP contribution in [0.1, 0.15) is 41.0 Å². The van der Waals surface area contributed by atoms with Crippen LogP contribution >= 0.6 is 0 Å². The van der Waals surface area contributed by atoms with Crippen LogP contribution in [0.5, 0.6) is 0 Å². The molecule has 12 heavy (non-hydrogen) atoms. The third kappa shape index (κ3) is 4.52. The maximum Gasteiger partial charge on any atom is 0.116 e. The van der Waals surface area contributed by atoms with Crippen molar-refractivity contribution in [2.24, 2.45) is 0 Å². The van der Waals surface area contributed by atoms with Gasteiger partial charge in [0.15, 0.2) is 0 Å². The summed E-state index contributed by atoms with van der Waals surface area (Å²) in [7, 11) is 0. The van der Waals surface area contributed by atoms with Crippen molar-refractivity contribution in [3.05, 3.63) is 12.7 Å². The molecule has 0 aromatic heterocycles. The normalized spacial score (nSPS) is 13.1. The highest BCUT2D eigenvalue weighted by Gasteiger charge is 2.22. The Kier molecular flexibility index (Phi) is 3.94. The fourth-order valence-electron chi connectivity index (χ4n) is 0.313. The first-order valence-electron chi connectivity index (χ1n) is 4.33. The van der Waals surface area contributed by atoms with Crippen molar-refractivity contribution in [3.63, 3.8) is 0 Å². The summed E-state index contributed by atoms with van der Waals surface area (Å²) < 4.78 is 0. The van der Waals surface area contributed by atoms with Crippen LogP contribution in [0, 0.1) is 0 Å². The summed E-state index contributed by atoms with van der Waals surface area (Å²) >= 11 is 0. The van der Waals surface area contributed by atoms with E-state index in [2.05, 4.69) is 13.5 Å². The molecule has 0 aromatic carbocycles. The second-order valence-corrected chi connectivity index (χ2v) is 4.09. The molecule has 0 aliphatic heterocycles. The standard InChI is InChI=1S/C10H20O2/c1-7-9(3,4)11-12-10(5,6)8-2/h7H,1,8H2,2-6H3. The van der Waals surface area contributed by atoms with E-state index in [1.165, 1.54) is 0 Å². The molecule has 0 saturated heterocycles. The van der Waals surface area contributed by atoms with Crippen molar-refractivity contribution < 1.29 is 9.78 Å². The van der Waals surface area contributed by atoms with Crippen LogP contribution in [0.3, 0.4) is 0 Å². The zero-order valence-corrected chi connectivity index (χ0v) is 8.81. The average Bonchev–Trinajstić information content (AvgIpc) is 2.02. The van der Waals surface area contributed by atoms with Gasteiger partial charge in [0, 0.05) is 0 Å². The fraction of sp³-hybridized carbons (Fsp3) is 0.800. The molecular weight excluding hydrogens is 152 g/mol. The van der Waals surface area contributed by atoms with E-state index >= 15 is 0 Å². The number of rotatable bonds is 5. The monoisotopic (exact) mass is 172 g/mol. The minimum absolute atomic E-state index is 0.222. The summed E-state index contributed by atoms with van der Waals surface area (Å²) in [5.41, 5.74) is -0.632. The summed E-state index contributed by atoms with van der Waals surface area (Å²) in [6.07, 6.45) is 2.64. The zero-order chi connectivity index (χ0) is 9.83. The number of hydrogen-bond donors (Lipinski definition) is 0. The van der Waals surface area contributed by atoms with E-state index in [0.29, 0.717) is 0 Å². The van der Waals surface area contributed by atoms with Crippen molar-refractivity contribution in [2.75, 3.05) is 0 Å². The van der Waals surface area contributed by atoms with E-state index in [9.17, 15) is 0 Å². The second-order valence-electron chi connectivity index (χ2n) is 4.09. The molecule has 0 fully saturated rings. The van der Waals surface area contributed by atoms with Gasteiger partial charge in [0.2, 0.25) is 0 Å². The first-order valence-corrected chi connectivity index (χ1v) is 4.33. The van der Waals surface area contributed by atoms with Crippen LogP contribution in [0.15, 0.2) is 12.7 Å². The summed E-state index contributed by atoms with van der Waals surface area (Å²) in [5.74, 6) is 0. The minimum Gasteiger partial charge on any atom is -0.230 e. The molecule has 72 valence electrons. The van der Waals surface area contributed by atoms with Crippen molar-refractivity contribution in [3.8, 4) is 0 Å². The van der Waals surface area contributed by atoms with Crippen LogP contribution in [0.25, 0.3) is 0 Å². The van der Waals surface area contributed by atoms with Gasteiger partial charge < -0.3 is 0 Å². The molecule has 0 spiro atoms. The topological polar surface area (TPSA) is 18.5 Å². The average molecular weight is 172 g/mol. The van der Waals surface area contributed by atoms with Crippen LogP contribution < -0.4 is 0 Å². The van der Waals surface area contributed by atoms with E-state index in [1.807, 2.05) is 27.7 Å². The first-order chi connectivity index (χ1) is 5.33. The molecule has 0 atom stereocenters. The van der Waals surface area contributed by atoms with Gasteiger partial charge in [-0.3, -0.25) is 0 Å². The van der Waals surface area contributed by atoms with Crippen molar-refractivity contribution in [2.45, 2.75) is 52.2 Å². The lowest BCUT2D eigenvalue weighted by Gasteiger charge is -2.27. The molecule has 0 rings (SSSR count). The largest absolute Gasteiger partial charge is 0.230 e. The van der Waals surface area contributed by atoms with Gasteiger partial charge in [0.05, 0.1) is 5.60 Å².